The van der Waals surface area contributed by atoms with E-state index in [1.165, 1.54) is 36.4 Å². The SMILES string of the molecule is O.O=C([O-])CCCNC(=O)c1ccc(Cl)cc1O.O=C([O-])CCCNC(=O)c1ccc(Cl)cc1O.[Na+].[Na+]. The smallest absolute Gasteiger partial charge is 0.550 e. The molecule has 0 radical (unpaired) electrons. The molecular formula is C22H24Cl2N2Na2O9. The molecule has 0 aliphatic rings. The van der Waals surface area contributed by atoms with Crippen molar-refractivity contribution < 1.29 is 104 Å². The molecule has 0 aromatic heterocycles. The Morgan fingerprint density at radius 1 is 0.703 bits per heavy atom. The Morgan fingerprint density at radius 2 is 1.03 bits per heavy atom. The molecule has 37 heavy (non-hydrogen) atoms. The van der Waals surface area contributed by atoms with Crippen molar-refractivity contribution in [1.29, 1.82) is 0 Å². The van der Waals surface area contributed by atoms with Crippen LogP contribution in [0.2, 0.25) is 10.0 Å². The number of hydrogen-bond donors (Lipinski definition) is 4. The van der Waals surface area contributed by atoms with E-state index in [9.17, 15) is 39.6 Å². The first-order valence-electron chi connectivity index (χ1n) is 9.94. The number of carboxylic acid groups (broad SMARTS) is 2. The number of benzene rings is 2. The van der Waals surface area contributed by atoms with Gasteiger partial charge in [0.15, 0.2) is 0 Å². The Kier molecular flexibility index (Phi) is 23.1. The molecule has 0 atom stereocenters. The zero-order valence-electron chi connectivity index (χ0n) is 20.3. The quantitative estimate of drug-likeness (QED) is 0.157. The van der Waals surface area contributed by atoms with Crippen molar-refractivity contribution in [1.82, 2.24) is 10.6 Å². The summed E-state index contributed by atoms with van der Waals surface area (Å²) >= 11 is 11.2. The van der Waals surface area contributed by atoms with E-state index in [0.29, 0.717) is 10.0 Å². The molecule has 192 valence electrons. The van der Waals surface area contributed by atoms with Gasteiger partial charge in [0.1, 0.15) is 11.5 Å². The number of rotatable bonds is 10. The number of phenols is 2. The molecule has 0 saturated heterocycles. The summed E-state index contributed by atoms with van der Waals surface area (Å²) in [6.07, 6.45) is 0.324. The molecule has 0 heterocycles. The molecule has 2 aromatic carbocycles. The molecule has 0 bridgehead atoms. The molecule has 0 aliphatic heterocycles. The average molecular weight is 577 g/mol. The number of aliphatic carboxylic acids is 2. The van der Waals surface area contributed by atoms with Gasteiger partial charge in [-0.15, -0.1) is 0 Å². The fraction of sp³-hybridized carbons (Fsp3) is 0.273. The van der Waals surface area contributed by atoms with Gasteiger partial charge in [0.05, 0.1) is 11.1 Å². The predicted molar refractivity (Wildman–Crippen MR) is 123 cm³/mol. The molecule has 2 aromatic rings. The molecular weight excluding hydrogens is 553 g/mol. The van der Waals surface area contributed by atoms with Crippen LogP contribution < -0.4 is 80.0 Å². The van der Waals surface area contributed by atoms with Crippen LogP contribution in [0.15, 0.2) is 36.4 Å². The summed E-state index contributed by atoms with van der Waals surface area (Å²) in [5, 5.41) is 44.8. The van der Waals surface area contributed by atoms with Crippen LogP contribution in [-0.4, -0.2) is 52.5 Å². The van der Waals surface area contributed by atoms with Crippen LogP contribution in [0.4, 0.5) is 0 Å². The van der Waals surface area contributed by atoms with E-state index >= 15 is 0 Å². The standard InChI is InChI=1S/2C11H12ClNO4.2Na.H2O/c2*12-7-3-4-8(9(14)6-7)11(17)13-5-1-2-10(15)16;;;/h2*3-4,6,14H,1-2,5H2,(H,13,17)(H,15,16);;;1H2/q;;2*+1;/p-2. The van der Waals surface area contributed by atoms with E-state index in [4.69, 9.17) is 23.2 Å². The molecule has 15 heteroatoms. The van der Waals surface area contributed by atoms with Crippen LogP contribution in [0.1, 0.15) is 46.4 Å². The van der Waals surface area contributed by atoms with Crippen LogP contribution in [0.25, 0.3) is 0 Å². The second kappa shape index (κ2) is 21.4. The van der Waals surface area contributed by atoms with Gasteiger partial charge in [-0.05, 0) is 62.1 Å². The third kappa shape index (κ3) is 16.8. The monoisotopic (exact) mass is 576 g/mol. The Balaban J connectivity index is -0.000000578. The van der Waals surface area contributed by atoms with Gasteiger partial charge < -0.3 is 46.1 Å². The topological polar surface area (TPSA) is 210 Å². The Labute approximate surface area is 267 Å². The zero-order valence-corrected chi connectivity index (χ0v) is 25.8. The summed E-state index contributed by atoms with van der Waals surface area (Å²) < 4.78 is 0. The average Bonchev–Trinajstić information content (AvgIpc) is 2.74. The third-order valence-corrected chi connectivity index (χ3v) is 4.57. The van der Waals surface area contributed by atoms with E-state index in [1.54, 1.807) is 0 Å². The van der Waals surface area contributed by atoms with Gasteiger partial charge in [0.2, 0.25) is 0 Å². The van der Waals surface area contributed by atoms with Crippen molar-refractivity contribution >= 4 is 47.0 Å². The summed E-state index contributed by atoms with van der Waals surface area (Å²) in [7, 11) is 0. The second-order valence-electron chi connectivity index (χ2n) is 6.79. The molecule has 0 aliphatic carbocycles. The van der Waals surface area contributed by atoms with Crippen LogP contribution in [0, 0.1) is 0 Å². The minimum absolute atomic E-state index is 0. The summed E-state index contributed by atoms with van der Waals surface area (Å²) in [6, 6.07) is 8.28. The largest absolute Gasteiger partial charge is 1.00 e. The first-order valence-corrected chi connectivity index (χ1v) is 10.7. The summed E-state index contributed by atoms with van der Waals surface area (Å²) in [5.74, 6) is -3.69. The van der Waals surface area contributed by atoms with Crippen molar-refractivity contribution in [3.63, 3.8) is 0 Å². The number of carbonyl (C=O) groups excluding carboxylic acids is 4. The van der Waals surface area contributed by atoms with Gasteiger partial charge in [-0.2, -0.15) is 0 Å². The van der Waals surface area contributed by atoms with E-state index in [0.717, 1.165) is 0 Å². The Bertz CT molecular complexity index is 962. The zero-order chi connectivity index (χ0) is 25.7. The Morgan fingerprint density at radius 3 is 1.30 bits per heavy atom. The molecule has 0 saturated carbocycles. The number of amides is 2. The van der Waals surface area contributed by atoms with Gasteiger partial charge in [-0.3, -0.25) is 9.59 Å². The molecule has 2 rings (SSSR count). The van der Waals surface area contributed by atoms with Gasteiger partial charge in [0, 0.05) is 35.1 Å². The molecule has 6 N–H and O–H groups in total. The fourth-order valence-electron chi connectivity index (χ4n) is 2.45. The van der Waals surface area contributed by atoms with E-state index in [1.807, 2.05) is 0 Å². The molecule has 0 unspecified atom stereocenters. The predicted octanol–water partition coefficient (Wildman–Crippen LogP) is -6.21. The van der Waals surface area contributed by atoms with Crippen molar-refractivity contribution in [2.24, 2.45) is 0 Å². The second-order valence-corrected chi connectivity index (χ2v) is 7.66. The summed E-state index contributed by atoms with van der Waals surface area (Å²) in [4.78, 5) is 43.3. The maximum Gasteiger partial charge on any atom is 1.00 e. The third-order valence-electron chi connectivity index (χ3n) is 4.10. The van der Waals surface area contributed by atoms with Gasteiger partial charge in [-0.25, -0.2) is 0 Å². The van der Waals surface area contributed by atoms with Crippen LogP contribution >= 0.6 is 23.2 Å². The van der Waals surface area contributed by atoms with Crippen LogP contribution in [-0.2, 0) is 9.59 Å². The van der Waals surface area contributed by atoms with Crippen molar-refractivity contribution in [3.8, 4) is 11.5 Å². The molecule has 11 nitrogen and oxygen atoms in total. The van der Waals surface area contributed by atoms with Crippen LogP contribution in [0.5, 0.6) is 11.5 Å². The number of phenolic OH excluding ortho intramolecular Hbond substituents is 2. The van der Waals surface area contributed by atoms with Gasteiger partial charge >= 0.3 is 59.1 Å². The number of aromatic hydroxyl groups is 2. The number of halogens is 2. The molecule has 0 fully saturated rings. The Hall–Kier alpha value is -1.54. The van der Waals surface area contributed by atoms with E-state index in [2.05, 4.69) is 10.6 Å². The molecule has 2 amide bonds. The normalized spacial score (nSPS) is 9.14. The number of hydrogen-bond acceptors (Lipinski definition) is 8. The minimum atomic E-state index is -1.16. The fourth-order valence-corrected chi connectivity index (χ4v) is 2.79. The van der Waals surface area contributed by atoms with Crippen LogP contribution in [0.3, 0.4) is 0 Å². The van der Waals surface area contributed by atoms with Gasteiger partial charge in [0.25, 0.3) is 11.8 Å². The number of carboxylic acids is 2. The molecule has 0 spiro atoms. The first kappa shape index (κ1) is 40.0. The number of carbonyl (C=O) groups is 4. The maximum absolute atomic E-state index is 11.5. The maximum atomic E-state index is 11.5. The van der Waals surface area contributed by atoms with E-state index in [-0.39, 0.29) is 126 Å². The van der Waals surface area contributed by atoms with Gasteiger partial charge in [-0.1, -0.05) is 23.2 Å². The van der Waals surface area contributed by atoms with Crippen molar-refractivity contribution in [2.45, 2.75) is 25.7 Å². The minimum Gasteiger partial charge on any atom is -0.550 e. The van der Waals surface area contributed by atoms with Crippen molar-refractivity contribution in [2.75, 3.05) is 13.1 Å². The van der Waals surface area contributed by atoms with Crippen molar-refractivity contribution in [3.05, 3.63) is 57.6 Å². The first-order chi connectivity index (χ1) is 16.0. The summed E-state index contributed by atoms with van der Waals surface area (Å²) in [5.41, 5.74) is 0.200. The summed E-state index contributed by atoms with van der Waals surface area (Å²) in [6.45, 7) is 0.407. The van der Waals surface area contributed by atoms with E-state index < -0.39 is 23.8 Å². The number of nitrogens with one attached hydrogen (secondary N) is 2.